The molecule has 0 N–H and O–H groups in total. The first-order valence-electron chi connectivity index (χ1n) is 6.97. The lowest BCUT2D eigenvalue weighted by Crippen LogP contribution is -2.26. The van der Waals surface area contributed by atoms with Crippen LogP contribution >= 0.6 is 15.9 Å². The minimum Gasteiger partial charge on any atom is -0.444 e. The number of furan rings is 1. The van der Waals surface area contributed by atoms with E-state index in [9.17, 15) is 8.42 Å². The molecule has 0 aliphatic rings. The first-order valence-corrected chi connectivity index (χ1v) is 9.20. The summed E-state index contributed by atoms with van der Waals surface area (Å²) in [6, 6.07) is 10.0. The number of benzene rings is 1. The number of nitrogens with zero attached hydrogens (tertiary/aromatic N) is 3. The Kier molecular flexibility index (Phi) is 4.57. The highest BCUT2D eigenvalue weighted by atomic mass is 79.9. The molecule has 2 aromatic heterocycles. The average molecular weight is 412 g/mol. The first kappa shape index (κ1) is 16.9. The van der Waals surface area contributed by atoms with Crippen LogP contribution in [0.4, 0.5) is 0 Å². The Morgan fingerprint density at radius 3 is 2.42 bits per heavy atom. The first-order chi connectivity index (χ1) is 11.4. The smallest absolute Gasteiger partial charge is 0.283 e. The van der Waals surface area contributed by atoms with Crippen molar-refractivity contribution in [3.05, 3.63) is 52.5 Å². The number of rotatable bonds is 5. The third-order valence-electron chi connectivity index (χ3n) is 3.34. The molecule has 126 valence electrons. The van der Waals surface area contributed by atoms with Gasteiger partial charge in [-0.2, -0.15) is 4.31 Å². The fourth-order valence-electron chi connectivity index (χ4n) is 2.01. The van der Waals surface area contributed by atoms with Crippen molar-refractivity contribution in [3.63, 3.8) is 0 Å². The van der Waals surface area contributed by atoms with E-state index in [0.717, 1.165) is 9.87 Å². The topological polar surface area (TPSA) is 89.4 Å². The van der Waals surface area contributed by atoms with Crippen molar-refractivity contribution in [1.29, 1.82) is 0 Å². The molecule has 2 heterocycles. The molecule has 1 aromatic carbocycles. The lowest BCUT2D eigenvalue weighted by Gasteiger charge is -2.15. The third kappa shape index (κ3) is 3.42. The molecule has 24 heavy (non-hydrogen) atoms. The van der Waals surface area contributed by atoms with Gasteiger partial charge in [0.1, 0.15) is 0 Å². The van der Waals surface area contributed by atoms with E-state index in [0.29, 0.717) is 10.4 Å². The maximum absolute atomic E-state index is 12.5. The highest BCUT2D eigenvalue weighted by Gasteiger charge is 2.23. The molecular formula is C15H14BrN3O4S. The molecule has 3 rings (SSSR count). The van der Waals surface area contributed by atoms with E-state index in [1.807, 2.05) is 6.92 Å². The maximum atomic E-state index is 12.5. The summed E-state index contributed by atoms with van der Waals surface area (Å²) in [5.74, 6) is 0.775. The van der Waals surface area contributed by atoms with E-state index in [4.69, 9.17) is 8.83 Å². The second kappa shape index (κ2) is 6.50. The van der Waals surface area contributed by atoms with Gasteiger partial charge in [-0.05, 0) is 47.1 Å². The van der Waals surface area contributed by atoms with Crippen LogP contribution in [0.3, 0.4) is 0 Å². The molecule has 0 atom stereocenters. The van der Waals surface area contributed by atoms with E-state index in [1.165, 1.54) is 7.05 Å². The van der Waals surface area contributed by atoms with Crippen LogP contribution in [0.15, 0.2) is 54.8 Å². The van der Waals surface area contributed by atoms with E-state index in [1.54, 1.807) is 36.4 Å². The van der Waals surface area contributed by atoms with Crippen LogP contribution in [-0.4, -0.2) is 30.0 Å². The van der Waals surface area contributed by atoms with Gasteiger partial charge in [0, 0.05) is 7.05 Å². The molecule has 0 unspecified atom stereocenters. The second-order valence-corrected chi connectivity index (χ2v) is 8.01. The molecule has 9 heteroatoms. The molecule has 0 bridgehead atoms. The summed E-state index contributed by atoms with van der Waals surface area (Å²) in [4.78, 5) is 0.213. The summed E-state index contributed by atoms with van der Waals surface area (Å²) in [7, 11) is -2.17. The van der Waals surface area contributed by atoms with Crippen LogP contribution in [0, 0.1) is 6.92 Å². The summed E-state index contributed by atoms with van der Waals surface area (Å²) >= 11 is 3.19. The monoisotopic (exact) mass is 411 g/mol. The predicted octanol–water partition coefficient (Wildman–Crippen LogP) is 3.22. The molecule has 3 aromatic rings. The standard InChI is InChI=1S/C15H14BrN3O4S/c1-10-3-5-11(6-4-10)24(20,21)19(2)9-14-17-18-15(23-14)12-7-8-13(16)22-12/h3-8H,9H2,1-2H3. The van der Waals surface area contributed by atoms with Crippen molar-refractivity contribution < 1.29 is 17.3 Å². The second-order valence-electron chi connectivity index (χ2n) is 5.18. The zero-order valence-corrected chi connectivity index (χ0v) is 15.3. The fourth-order valence-corrected chi connectivity index (χ4v) is 3.44. The minimum atomic E-state index is -3.63. The summed E-state index contributed by atoms with van der Waals surface area (Å²) in [5.41, 5.74) is 0.989. The number of sulfonamides is 1. The summed E-state index contributed by atoms with van der Waals surface area (Å²) in [6.07, 6.45) is 0. The Balaban J connectivity index is 1.78. The summed E-state index contributed by atoms with van der Waals surface area (Å²) < 4.78 is 37.6. The molecule has 0 saturated heterocycles. The van der Waals surface area contributed by atoms with Gasteiger partial charge in [0.15, 0.2) is 10.4 Å². The van der Waals surface area contributed by atoms with Gasteiger partial charge in [-0.15, -0.1) is 10.2 Å². The molecule has 0 radical (unpaired) electrons. The molecular weight excluding hydrogens is 398 g/mol. The zero-order chi connectivity index (χ0) is 17.3. The van der Waals surface area contributed by atoms with Crippen molar-refractivity contribution in [1.82, 2.24) is 14.5 Å². The Morgan fingerprint density at radius 2 is 1.79 bits per heavy atom. The molecule has 0 spiro atoms. The Hall–Kier alpha value is -1.97. The van der Waals surface area contributed by atoms with E-state index >= 15 is 0 Å². The van der Waals surface area contributed by atoms with Crippen LogP contribution < -0.4 is 0 Å². The van der Waals surface area contributed by atoms with Gasteiger partial charge < -0.3 is 8.83 Å². The lowest BCUT2D eigenvalue weighted by molar-refractivity contribution is 0.395. The van der Waals surface area contributed by atoms with E-state index < -0.39 is 10.0 Å². The summed E-state index contributed by atoms with van der Waals surface area (Å²) in [6.45, 7) is 1.86. The van der Waals surface area contributed by atoms with Crippen LogP contribution in [0.2, 0.25) is 0 Å². The molecule has 0 amide bonds. The Bertz CT molecular complexity index is 947. The van der Waals surface area contributed by atoms with Gasteiger partial charge in [-0.1, -0.05) is 17.7 Å². The zero-order valence-electron chi connectivity index (χ0n) is 12.9. The van der Waals surface area contributed by atoms with Crippen molar-refractivity contribution in [2.45, 2.75) is 18.4 Å². The molecule has 0 fully saturated rings. The predicted molar refractivity (Wildman–Crippen MR) is 89.5 cm³/mol. The van der Waals surface area contributed by atoms with Crippen LogP contribution in [0.25, 0.3) is 11.7 Å². The highest BCUT2D eigenvalue weighted by molar-refractivity contribution is 9.10. The normalized spacial score (nSPS) is 12.0. The number of hydrogen-bond donors (Lipinski definition) is 0. The number of aryl methyl sites for hydroxylation is 1. The molecule has 0 aliphatic carbocycles. The van der Waals surface area contributed by atoms with E-state index in [-0.39, 0.29) is 23.2 Å². The van der Waals surface area contributed by atoms with Gasteiger partial charge in [-0.3, -0.25) is 0 Å². The number of halogens is 1. The molecule has 0 saturated carbocycles. The van der Waals surface area contributed by atoms with E-state index in [2.05, 4.69) is 26.1 Å². The van der Waals surface area contributed by atoms with Crippen LogP contribution in [0.5, 0.6) is 0 Å². The van der Waals surface area contributed by atoms with Gasteiger partial charge in [0.25, 0.3) is 5.89 Å². The van der Waals surface area contributed by atoms with Crippen molar-refractivity contribution >= 4 is 26.0 Å². The lowest BCUT2D eigenvalue weighted by atomic mass is 10.2. The van der Waals surface area contributed by atoms with Gasteiger partial charge >= 0.3 is 0 Å². The minimum absolute atomic E-state index is 0.0366. The van der Waals surface area contributed by atoms with Gasteiger partial charge in [0.2, 0.25) is 15.9 Å². The van der Waals surface area contributed by atoms with Gasteiger partial charge in [-0.25, -0.2) is 8.42 Å². The van der Waals surface area contributed by atoms with Crippen molar-refractivity contribution in [2.24, 2.45) is 0 Å². The van der Waals surface area contributed by atoms with Crippen molar-refractivity contribution in [3.8, 4) is 11.7 Å². The Labute approximate surface area is 147 Å². The maximum Gasteiger partial charge on any atom is 0.283 e. The highest BCUT2D eigenvalue weighted by Crippen LogP contribution is 2.24. The number of hydrogen-bond acceptors (Lipinski definition) is 6. The molecule has 7 nitrogen and oxygen atoms in total. The summed E-state index contributed by atoms with van der Waals surface area (Å²) in [5, 5.41) is 7.73. The fraction of sp³-hybridized carbons (Fsp3) is 0.200. The van der Waals surface area contributed by atoms with Crippen molar-refractivity contribution in [2.75, 3.05) is 7.05 Å². The SMILES string of the molecule is Cc1ccc(S(=O)(=O)N(C)Cc2nnc(-c3ccc(Br)o3)o2)cc1. The third-order valence-corrected chi connectivity index (χ3v) is 5.58. The quantitative estimate of drug-likeness (QED) is 0.639. The number of aromatic nitrogens is 2. The Morgan fingerprint density at radius 1 is 1.08 bits per heavy atom. The average Bonchev–Trinajstić information content (AvgIpc) is 3.16. The molecule has 0 aliphatic heterocycles. The van der Waals surface area contributed by atoms with Crippen LogP contribution in [-0.2, 0) is 16.6 Å². The van der Waals surface area contributed by atoms with Gasteiger partial charge in [0.05, 0.1) is 11.4 Å². The van der Waals surface area contributed by atoms with Crippen LogP contribution in [0.1, 0.15) is 11.5 Å². The largest absolute Gasteiger partial charge is 0.444 e.